The molecule has 0 bridgehead atoms. The van der Waals surface area contributed by atoms with Gasteiger partial charge in [-0.1, -0.05) is 11.3 Å². The molecule has 5 nitrogen and oxygen atoms in total. The molecule has 0 unspecified atom stereocenters. The topological polar surface area (TPSA) is 60.5 Å². The molecule has 146 valence electrons. The van der Waals surface area contributed by atoms with E-state index in [-0.39, 0.29) is 16.5 Å². The molecule has 1 aliphatic rings. The van der Waals surface area contributed by atoms with Crippen molar-refractivity contribution in [3.8, 4) is 10.6 Å². The highest BCUT2D eigenvalue weighted by molar-refractivity contribution is 7.19. The van der Waals surface area contributed by atoms with E-state index >= 15 is 0 Å². The second-order valence-electron chi connectivity index (χ2n) is 7.40. The Bertz CT molecular complexity index is 804. The largest absolute Gasteiger partial charge is 0.444 e. The third-order valence-corrected chi connectivity index (χ3v) is 5.03. The molecule has 0 saturated carbocycles. The van der Waals surface area contributed by atoms with Gasteiger partial charge in [0, 0.05) is 13.2 Å². The lowest BCUT2D eigenvalue weighted by molar-refractivity contribution is 0.0636. The van der Waals surface area contributed by atoms with Crippen LogP contribution in [-0.2, 0) is 9.47 Å². The van der Waals surface area contributed by atoms with Gasteiger partial charge in [-0.05, 0) is 57.2 Å². The number of carbonyl (C=O) groups excluding carboxylic acids is 1. The fraction of sp³-hybridized carbons (Fsp3) is 0.474. The number of anilines is 1. The van der Waals surface area contributed by atoms with E-state index in [0.717, 1.165) is 24.2 Å². The van der Waals surface area contributed by atoms with Crippen molar-refractivity contribution in [1.82, 2.24) is 4.98 Å². The van der Waals surface area contributed by atoms with Crippen LogP contribution in [0.2, 0.25) is 0 Å². The van der Waals surface area contributed by atoms with E-state index in [2.05, 4.69) is 10.3 Å². The number of ether oxygens (including phenoxy) is 2. The Morgan fingerprint density at radius 3 is 2.48 bits per heavy atom. The molecule has 3 rings (SSSR count). The average molecular weight is 396 g/mol. The van der Waals surface area contributed by atoms with Crippen LogP contribution < -0.4 is 5.32 Å². The highest BCUT2D eigenvalue weighted by Crippen LogP contribution is 2.36. The summed E-state index contributed by atoms with van der Waals surface area (Å²) in [4.78, 5) is 15.9. The molecule has 1 aliphatic heterocycles. The summed E-state index contributed by atoms with van der Waals surface area (Å²) in [5, 5.41) is 3.04. The minimum Gasteiger partial charge on any atom is -0.444 e. The van der Waals surface area contributed by atoms with Crippen molar-refractivity contribution in [1.29, 1.82) is 0 Å². The van der Waals surface area contributed by atoms with Crippen molar-refractivity contribution in [2.75, 3.05) is 18.5 Å². The molecule has 1 aromatic carbocycles. The number of benzene rings is 1. The first-order chi connectivity index (χ1) is 12.7. The van der Waals surface area contributed by atoms with Gasteiger partial charge >= 0.3 is 6.09 Å². The molecule has 8 heteroatoms. The average Bonchev–Trinajstić information content (AvgIpc) is 3.01. The van der Waals surface area contributed by atoms with Crippen LogP contribution in [0, 0.1) is 11.6 Å². The van der Waals surface area contributed by atoms with Crippen LogP contribution in [0.1, 0.15) is 45.1 Å². The van der Waals surface area contributed by atoms with Crippen LogP contribution in [0.3, 0.4) is 0 Å². The van der Waals surface area contributed by atoms with Crippen LogP contribution in [0.15, 0.2) is 18.3 Å². The SMILES string of the molecule is CC(C)(C)OC(=O)Nc1cnc(-c2c(F)cc(C3CCOCC3)cc2F)s1. The molecule has 0 radical (unpaired) electrons. The number of thiazole rings is 1. The fourth-order valence-corrected chi connectivity index (χ4v) is 3.77. The molecular formula is C19H22F2N2O3S. The molecule has 0 atom stereocenters. The summed E-state index contributed by atoms with van der Waals surface area (Å²) in [6.45, 7) is 6.43. The smallest absolute Gasteiger partial charge is 0.412 e. The van der Waals surface area contributed by atoms with Gasteiger partial charge < -0.3 is 9.47 Å². The third kappa shape index (κ3) is 5.01. The number of amides is 1. The van der Waals surface area contributed by atoms with Crippen molar-refractivity contribution in [3.05, 3.63) is 35.5 Å². The van der Waals surface area contributed by atoms with E-state index in [1.165, 1.54) is 18.3 Å². The Morgan fingerprint density at radius 2 is 1.89 bits per heavy atom. The summed E-state index contributed by atoms with van der Waals surface area (Å²) >= 11 is 0.987. The predicted molar refractivity (Wildman–Crippen MR) is 100 cm³/mol. The molecule has 1 fully saturated rings. The maximum Gasteiger partial charge on any atom is 0.412 e. The fourth-order valence-electron chi connectivity index (χ4n) is 2.92. The van der Waals surface area contributed by atoms with Crippen molar-refractivity contribution >= 4 is 22.4 Å². The molecule has 0 spiro atoms. The van der Waals surface area contributed by atoms with E-state index in [1.54, 1.807) is 20.8 Å². The van der Waals surface area contributed by atoms with Crippen molar-refractivity contribution < 1.29 is 23.0 Å². The number of halogens is 2. The Labute approximate surface area is 160 Å². The summed E-state index contributed by atoms with van der Waals surface area (Å²) in [6, 6.07) is 2.74. The summed E-state index contributed by atoms with van der Waals surface area (Å²) in [6.07, 6.45) is 2.21. The molecule has 2 aromatic rings. The van der Waals surface area contributed by atoms with E-state index in [0.29, 0.717) is 23.8 Å². The first kappa shape index (κ1) is 19.7. The monoisotopic (exact) mass is 396 g/mol. The molecule has 2 heterocycles. The summed E-state index contributed by atoms with van der Waals surface area (Å²) in [7, 11) is 0. The molecule has 1 saturated heterocycles. The third-order valence-electron chi connectivity index (χ3n) is 4.10. The zero-order valence-corrected chi connectivity index (χ0v) is 16.3. The number of hydrogen-bond donors (Lipinski definition) is 1. The Balaban J connectivity index is 1.78. The minimum absolute atomic E-state index is 0.0949. The number of carbonyl (C=O) groups is 1. The van der Waals surface area contributed by atoms with Crippen LogP contribution in [0.25, 0.3) is 10.6 Å². The quantitative estimate of drug-likeness (QED) is 0.762. The van der Waals surface area contributed by atoms with E-state index in [9.17, 15) is 13.6 Å². The van der Waals surface area contributed by atoms with Gasteiger partial charge in [-0.2, -0.15) is 0 Å². The van der Waals surface area contributed by atoms with Gasteiger partial charge in [-0.25, -0.2) is 18.6 Å². The van der Waals surface area contributed by atoms with E-state index < -0.39 is 23.3 Å². The number of aromatic nitrogens is 1. The normalized spacial score (nSPS) is 15.6. The van der Waals surface area contributed by atoms with Gasteiger partial charge in [0.25, 0.3) is 0 Å². The van der Waals surface area contributed by atoms with Gasteiger partial charge in [0.05, 0.1) is 11.8 Å². The Morgan fingerprint density at radius 1 is 1.26 bits per heavy atom. The lowest BCUT2D eigenvalue weighted by Gasteiger charge is -2.22. The minimum atomic E-state index is -0.658. The number of nitrogens with zero attached hydrogens (tertiary/aromatic N) is 1. The van der Waals surface area contributed by atoms with Gasteiger partial charge in [0.15, 0.2) is 0 Å². The first-order valence-corrected chi connectivity index (χ1v) is 9.57. The molecule has 1 aromatic heterocycles. The van der Waals surface area contributed by atoms with Gasteiger partial charge in [0.1, 0.15) is 27.2 Å². The molecule has 1 amide bonds. The van der Waals surface area contributed by atoms with Crippen molar-refractivity contribution in [2.24, 2.45) is 0 Å². The van der Waals surface area contributed by atoms with Crippen LogP contribution in [-0.4, -0.2) is 29.9 Å². The Hall–Kier alpha value is -2.06. The second-order valence-corrected chi connectivity index (χ2v) is 8.43. The summed E-state index contributed by atoms with van der Waals surface area (Å²) < 4.78 is 39.7. The standard InChI is InChI=1S/C19H22F2N2O3S/c1-19(2,3)26-18(24)23-15-10-22-17(27-15)16-13(20)8-12(9-14(16)21)11-4-6-25-7-5-11/h8-11H,4-7H2,1-3H3,(H,23,24). The maximum absolute atomic E-state index is 14.6. The summed E-state index contributed by atoms with van der Waals surface area (Å²) in [5.41, 5.74) is -0.190. The van der Waals surface area contributed by atoms with Gasteiger partial charge in [0.2, 0.25) is 0 Å². The Kier molecular flexibility index (Phi) is 5.76. The van der Waals surface area contributed by atoms with Crippen molar-refractivity contribution in [2.45, 2.75) is 45.1 Å². The lowest BCUT2D eigenvalue weighted by Crippen LogP contribution is -2.26. The predicted octanol–water partition coefficient (Wildman–Crippen LogP) is 5.33. The maximum atomic E-state index is 14.6. The van der Waals surface area contributed by atoms with E-state index in [1.807, 2.05) is 0 Å². The van der Waals surface area contributed by atoms with Gasteiger partial charge in [-0.15, -0.1) is 0 Å². The summed E-state index contributed by atoms with van der Waals surface area (Å²) in [5.74, 6) is -1.22. The first-order valence-electron chi connectivity index (χ1n) is 8.76. The van der Waals surface area contributed by atoms with Crippen LogP contribution in [0.5, 0.6) is 0 Å². The van der Waals surface area contributed by atoms with E-state index in [4.69, 9.17) is 9.47 Å². The number of hydrogen-bond acceptors (Lipinski definition) is 5. The highest BCUT2D eigenvalue weighted by atomic mass is 32.1. The zero-order valence-electron chi connectivity index (χ0n) is 15.5. The number of nitrogens with one attached hydrogen (secondary N) is 1. The van der Waals surface area contributed by atoms with Crippen LogP contribution >= 0.6 is 11.3 Å². The number of rotatable bonds is 3. The lowest BCUT2D eigenvalue weighted by atomic mass is 9.91. The zero-order chi connectivity index (χ0) is 19.6. The second kappa shape index (κ2) is 7.90. The molecule has 0 aliphatic carbocycles. The van der Waals surface area contributed by atoms with Crippen LogP contribution in [0.4, 0.5) is 18.6 Å². The molecule has 1 N–H and O–H groups in total. The molecule has 27 heavy (non-hydrogen) atoms. The molecular weight excluding hydrogens is 374 g/mol. The van der Waals surface area contributed by atoms with Gasteiger partial charge in [-0.3, -0.25) is 5.32 Å². The van der Waals surface area contributed by atoms with Crippen molar-refractivity contribution in [3.63, 3.8) is 0 Å². The highest BCUT2D eigenvalue weighted by Gasteiger charge is 2.23.